The first kappa shape index (κ1) is 13.4. The Bertz CT molecular complexity index is 536. The summed E-state index contributed by atoms with van der Waals surface area (Å²) in [6.45, 7) is 3.63. The van der Waals surface area contributed by atoms with Crippen LogP contribution in [0.25, 0.3) is 0 Å². The maximum atomic E-state index is 12.0. The zero-order chi connectivity index (χ0) is 14.2. The van der Waals surface area contributed by atoms with Gasteiger partial charge in [-0.05, 0) is 43.9 Å². The number of nitrogens with one attached hydrogen (secondary N) is 1. The average Bonchev–Trinajstić information content (AvgIpc) is 3.14. The quantitative estimate of drug-likeness (QED) is 0.879. The molecule has 0 saturated heterocycles. The lowest BCUT2D eigenvalue weighted by atomic mass is 10.0. The van der Waals surface area contributed by atoms with Crippen molar-refractivity contribution >= 4 is 17.7 Å². The highest BCUT2D eigenvalue weighted by Gasteiger charge is 2.30. The van der Waals surface area contributed by atoms with Crippen molar-refractivity contribution in [1.82, 2.24) is 4.90 Å². The number of hydrogen-bond acceptors (Lipinski definition) is 2. The topological polar surface area (TPSA) is 69.6 Å². The molecule has 102 valence electrons. The molecule has 0 atom stereocenters. The van der Waals surface area contributed by atoms with Gasteiger partial charge in [-0.15, -0.1) is 0 Å². The average molecular weight is 262 g/mol. The molecule has 5 nitrogen and oxygen atoms in total. The number of aryl methyl sites for hydroxylation is 2. The van der Waals surface area contributed by atoms with Crippen LogP contribution in [0.2, 0.25) is 0 Å². The summed E-state index contributed by atoms with van der Waals surface area (Å²) in [4.78, 5) is 24.9. The van der Waals surface area contributed by atoms with Gasteiger partial charge in [0.1, 0.15) is 0 Å². The van der Waals surface area contributed by atoms with E-state index in [4.69, 9.17) is 0 Å². The van der Waals surface area contributed by atoms with Gasteiger partial charge in [0.2, 0.25) is 0 Å². The summed E-state index contributed by atoms with van der Waals surface area (Å²) in [5.41, 5.74) is 2.14. The Kier molecular flexibility index (Phi) is 3.46. The van der Waals surface area contributed by atoms with E-state index in [1.165, 1.54) is 0 Å². The van der Waals surface area contributed by atoms with Crippen molar-refractivity contribution in [2.75, 3.05) is 12.4 Å². The van der Waals surface area contributed by atoms with E-state index in [9.17, 15) is 14.7 Å². The number of nitrogens with zero attached hydrogens (tertiary/aromatic N) is 1. The number of urea groups is 1. The number of amides is 2. The van der Waals surface area contributed by atoms with E-state index in [0.29, 0.717) is 11.7 Å². The second-order valence-corrected chi connectivity index (χ2v) is 5.08. The van der Waals surface area contributed by atoms with Crippen LogP contribution in [0.15, 0.2) is 12.1 Å². The molecule has 1 fully saturated rings. The molecule has 1 aliphatic rings. The van der Waals surface area contributed by atoms with Gasteiger partial charge >= 0.3 is 12.0 Å². The van der Waals surface area contributed by atoms with Crippen LogP contribution in [0, 0.1) is 13.8 Å². The fourth-order valence-electron chi connectivity index (χ4n) is 2.12. The van der Waals surface area contributed by atoms with Gasteiger partial charge in [0.05, 0.1) is 11.3 Å². The summed E-state index contributed by atoms with van der Waals surface area (Å²) < 4.78 is 0. The first-order chi connectivity index (χ1) is 8.90. The molecule has 0 aromatic heterocycles. The lowest BCUT2D eigenvalue weighted by Gasteiger charge is -2.19. The van der Waals surface area contributed by atoms with Crippen LogP contribution in [0.3, 0.4) is 0 Å². The standard InChI is InChI=1S/C14H18N2O3/c1-8-6-9(2)12(11(7-8)13(17)18)15-14(19)16(3)10-4-5-10/h6-7,10H,4-5H2,1-3H3,(H,15,19)(H,17,18). The van der Waals surface area contributed by atoms with Gasteiger partial charge in [0.25, 0.3) is 0 Å². The number of rotatable bonds is 3. The molecule has 0 spiro atoms. The molecule has 0 heterocycles. The molecular weight excluding hydrogens is 244 g/mol. The molecule has 1 aromatic carbocycles. The Morgan fingerprint density at radius 2 is 1.95 bits per heavy atom. The largest absolute Gasteiger partial charge is 0.478 e. The lowest BCUT2D eigenvalue weighted by molar-refractivity contribution is 0.0698. The number of carbonyl (C=O) groups excluding carboxylic acids is 1. The third-order valence-corrected chi connectivity index (χ3v) is 3.36. The smallest absolute Gasteiger partial charge is 0.337 e. The highest BCUT2D eigenvalue weighted by molar-refractivity contribution is 6.01. The summed E-state index contributed by atoms with van der Waals surface area (Å²) in [6.07, 6.45) is 2.03. The Balaban J connectivity index is 2.28. The molecule has 0 radical (unpaired) electrons. The third-order valence-electron chi connectivity index (χ3n) is 3.36. The molecule has 1 saturated carbocycles. The molecule has 2 amide bonds. The second kappa shape index (κ2) is 4.91. The molecule has 2 rings (SSSR count). The van der Waals surface area contributed by atoms with E-state index in [-0.39, 0.29) is 11.6 Å². The number of carboxylic acids is 1. The van der Waals surface area contributed by atoms with Crippen LogP contribution in [0.5, 0.6) is 0 Å². The Morgan fingerprint density at radius 1 is 1.32 bits per heavy atom. The molecule has 0 aliphatic heterocycles. The SMILES string of the molecule is Cc1cc(C)c(NC(=O)N(C)C2CC2)c(C(=O)O)c1. The summed E-state index contributed by atoms with van der Waals surface area (Å²) in [6, 6.07) is 3.47. The van der Waals surface area contributed by atoms with Gasteiger partial charge in [-0.1, -0.05) is 6.07 Å². The van der Waals surface area contributed by atoms with E-state index in [1.807, 2.05) is 13.0 Å². The predicted octanol–water partition coefficient (Wildman–Crippen LogP) is 2.63. The fourth-order valence-corrected chi connectivity index (χ4v) is 2.12. The number of carboxylic acid groups (broad SMARTS) is 1. The maximum Gasteiger partial charge on any atom is 0.337 e. The monoisotopic (exact) mass is 262 g/mol. The van der Waals surface area contributed by atoms with Gasteiger partial charge < -0.3 is 15.3 Å². The molecule has 0 unspecified atom stereocenters. The zero-order valence-electron chi connectivity index (χ0n) is 11.4. The van der Waals surface area contributed by atoms with Gasteiger partial charge in [-0.3, -0.25) is 0 Å². The maximum absolute atomic E-state index is 12.0. The first-order valence-corrected chi connectivity index (χ1v) is 6.28. The molecule has 1 aromatic rings. The molecule has 0 bridgehead atoms. The van der Waals surface area contributed by atoms with Gasteiger partial charge in [0, 0.05) is 13.1 Å². The van der Waals surface area contributed by atoms with E-state index in [0.717, 1.165) is 24.0 Å². The van der Waals surface area contributed by atoms with Crippen LogP contribution in [-0.2, 0) is 0 Å². The van der Waals surface area contributed by atoms with Crippen molar-refractivity contribution in [3.05, 3.63) is 28.8 Å². The molecule has 1 aliphatic carbocycles. The third kappa shape index (κ3) is 2.86. The van der Waals surface area contributed by atoms with Crippen molar-refractivity contribution in [2.24, 2.45) is 0 Å². The number of benzene rings is 1. The minimum Gasteiger partial charge on any atom is -0.478 e. The summed E-state index contributed by atoms with van der Waals surface area (Å²) in [7, 11) is 1.73. The zero-order valence-corrected chi connectivity index (χ0v) is 11.4. The summed E-state index contributed by atoms with van der Waals surface area (Å²) in [5.74, 6) is -1.03. The van der Waals surface area contributed by atoms with Crippen LogP contribution >= 0.6 is 0 Å². The molecule has 2 N–H and O–H groups in total. The number of carbonyl (C=O) groups is 2. The Morgan fingerprint density at radius 3 is 2.47 bits per heavy atom. The van der Waals surface area contributed by atoms with Gasteiger partial charge in [-0.25, -0.2) is 9.59 Å². The van der Waals surface area contributed by atoms with Crippen molar-refractivity contribution in [2.45, 2.75) is 32.7 Å². The van der Waals surface area contributed by atoms with E-state index in [2.05, 4.69) is 5.32 Å². The highest BCUT2D eigenvalue weighted by atomic mass is 16.4. The first-order valence-electron chi connectivity index (χ1n) is 6.28. The van der Waals surface area contributed by atoms with Crippen molar-refractivity contribution in [1.29, 1.82) is 0 Å². The lowest BCUT2D eigenvalue weighted by Crippen LogP contribution is -2.33. The minimum atomic E-state index is -1.03. The van der Waals surface area contributed by atoms with Crippen molar-refractivity contribution in [3.8, 4) is 0 Å². The predicted molar refractivity (Wildman–Crippen MR) is 72.7 cm³/mol. The normalized spacial score (nSPS) is 14.1. The van der Waals surface area contributed by atoms with E-state index < -0.39 is 5.97 Å². The van der Waals surface area contributed by atoms with Crippen LogP contribution in [-0.4, -0.2) is 35.1 Å². The van der Waals surface area contributed by atoms with Gasteiger partial charge in [-0.2, -0.15) is 0 Å². The summed E-state index contributed by atoms with van der Waals surface area (Å²) >= 11 is 0. The van der Waals surface area contributed by atoms with Crippen molar-refractivity contribution < 1.29 is 14.7 Å². The Hall–Kier alpha value is -2.04. The van der Waals surface area contributed by atoms with E-state index >= 15 is 0 Å². The molecule has 19 heavy (non-hydrogen) atoms. The van der Waals surface area contributed by atoms with Gasteiger partial charge in [0.15, 0.2) is 0 Å². The number of anilines is 1. The number of hydrogen-bond donors (Lipinski definition) is 2. The minimum absolute atomic E-state index is 0.134. The van der Waals surface area contributed by atoms with Crippen LogP contribution in [0.1, 0.15) is 34.3 Å². The fraction of sp³-hybridized carbons (Fsp3) is 0.429. The Labute approximate surface area is 112 Å². The number of aromatic carboxylic acids is 1. The van der Waals surface area contributed by atoms with E-state index in [1.54, 1.807) is 24.9 Å². The summed E-state index contributed by atoms with van der Waals surface area (Å²) in [5, 5.41) is 11.9. The highest BCUT2D eigenvalue weighted by Crippen LogP contribution is 2.27. The molecule has 5 heteroatoms. The molecular formula is C14H18N2O3. The van der Waals surface area contributed by atoms with Crippen LogP contribution in [0.4, 0.5) is 10.5 Å². The van der Waals surface area contributed by atoms with Crippen molar-refractivity contribution in [3.63, 3.8) is 0 Å². The van der Waals surface area contributed by atoms with Crippen LogP contribution < -0.4 is 5.32 Å². The second-order valence-electron chi connectivity index (χ2n) is 5.08.